The van der Waals surface area contributed by atoms with Gasteiger partial charge in [0.15, 0.2) is 5.82 Å². The standard InChI is InChI=1S/C27H31FN6O2/c1-3-25(26-30-31-32-34(26)17-23-5-4-12-36-23)33(15-19-7-9-22(28)10-8-19)16-21-14-20-13-18(2)6-11-24(20)29-27(21)35/h6-11,13-14,23,25H,3-5,12,15-17H2,1-2H3,(H,29,35)/t23-,25-/m1/s1. The number of aryl methyl sites for hydroxylation is 1. The van der Waals surface area contributed by atoms with E-state index < -0.39 is 0 Å². The first-order valence-electron chi connectivity index (χ1n) is 12.5. The molecule has 8 nitrogen and oxygen atoms in total. The summed E-state index contributed by atoms with van der Waals surface area (Å²) in [5.74, 6) is 0.461. The molecule has 1 N–H and O–H groups in total. The van der Waals surface area contributed by atoms with Crippen LogP contribution in [-0.2, 0) is 24.4 Å². The number of H-pyrrole nitrogens is 1. The van der Waals surface area contributed by atoms with Gasteiger partial charge in [-0.15, -0.1) is 5.10 Å². The second-order valence-electron chi connectivity index (χ2n) is 9.52. The molecule has 2 atom stereocenters. The Morgan fingerprint density at radius 2 is 2.03 bits per heavy atom. The van der Waals surface area contributed by atoms with Crippen molar-refractivity contribution in [2.24, 2.45) is 0 Å². The zero-order valence-corrected chi connectivity index (χ0v) is 20.7. The number of hydrogen-bond acceptors (Lipinski definition) is 6. The molecule has 2 aromatic carbocycles. The molecule has 0 bridgehead atoms. The van der Waals surface area contributed by atoms with Crippen molar-refractivity contribution >= 4 is 10.9 Å². The van der Waals surface area contributed by atoms with Crippen molar-refractivity contribution in [3.05, 3.63) is 87.2 Å². The van der Waals surface area contributed by atoms with Crippen LogP contribution in [0.5, 0.6) is 0 Å². The van der Waals surface area contributed by atoms with Gasteiger partial charge in [-0.1, -0.05) is 30.7 Å². The lowest BCUT2D eigenvalue weighted by Crippen LogP contribution is -2.33. The molecule has 36 heavy (non-hydrogen) atoms. The third-order valence-electron chi connectivity index (χ3n) is 6.83. The van der Waals surface area contributed by atoms with Crippen LogP contribution < -0.4 is 5.56 Å². The quantitative estimate of drug-likeness (QED) is 0.376. The molecule has 0 unspecified atom stereocenters. The number of aromatic amines is 1. The van der Waals surface area contributed by atoms with E-state index in [9.17, 15) is 9.18 Å². The number of hydrogen-bond donors (Lipinski definition) is 1. The van der Waals surface area contributed by atoms with Crippen LogP contribution >= 0.6 is 0 Å². The predicted molar refractivity (Wildman–Crippen MR) is 135 cm³/mol. The molecule has 0 aliphatic carbocycles. The van der Waals surface area contributed by atoms with Crippen LogP contribution in [0, 0.1) is 12.7 Å². The fourth-order valence-electron chi connectivity index (χ4n) is 4.97. The van der Waals surface area contributed by atoms with Crippen molar-refractivity contribution < 1.29 is 9.13 Å². The maximum absolute atomic E-state index is 13.6. The lowest BCUT2D eigenvalue weighted by atomic mass is 10.1. The molecule has 1 saturated heterocycles. The Kier molecular flexibility index (Phi) is 7.20. The lowest BCUT2D eigenvalue weighted by Gasteiger charge is -2.30. The van der Waals surface area contributed by atoms with E-state index >= 15 is 0 Å². The highest BCUT2D eigenvalue weighted by molar-refractivity contribution is 5.79. The number of tetrazole rings is 1. The molecular formula is C27H31FN6O2. The minimum atomic E-state index is -0.279. The maximum atomic E-state index is 13.6. The molecule has 1 aliphatic rings. The van der Waals surface area contributed by atoms with Gasteiger partial charge in [-0.25, -0.2) is 9.07 Å². The number of ether oxygens (including phenoxy) is 1. The number of rotatable bonds is 9. The zero-order valence-electron chi connectivity index (χ0n) is 20.7. The Balaban J connectivity index is 1.50. The van der Waals surface area contributed by atoms with E-state index in [2.05, 4.69) is 38.4 Å². The van der Waals surface area contributed by atoms with Gasteiger partial charge in [-0.2, -0.15) is 0 Å². The summed E-state index contributed by atoms with van der Waals surface area (Å²) in [5.41, 5.74) is 3.42. The summed E-state index contributed by atoms with van der Waals surface area (Å²) in [6.07, 6.45) is 2.86. The van der Waals surface area contributed by atoms with Crippen LogP contribution in [0.4, 0.5) is 4.39 Å². The van der Waals surface area contributed by atoms with Gasteiger partial charge in [0.25, 0.3) is 5.56 Å². The fraction of sp³-hybridized carbons (Fsp3) is 0.407. The number of pyridine rings is 1. The summed E-state index contributed by atoms with van der Waals surface area (Å²) in [6, 6.07) is 14.3. The Hall–Kier alpha value is -3.43. The Morgan fingerprint density at radius 1 is 1.19 bits per heavy atom. The zero-order chi connectivity index (χ0) is 25.1. The highest BCUT2D eigenvalue weighted by Gasteiger charge is 2.28. The van der Waals surface area contributed by atoms with Gasteiger partial charge in [0, 0.05) is 30.8 Å². The molecule has 0 radical (unpaired) electrons. The van der Waals surface area contributed by atoms with Gasteiger partial charge in [0.05, 0.1) is 18.7 Å². The minimum Gasteiger partial charge on any atom is -0.376 e. The molecule has 0 saturated carbocycles. The van der Waals surface area contributed by atoms with E-state index in [1.54, 1.807) is 12.1 Å². The third-order valence-corrected chi connectivity index (χ3v) is 6.83. The van der Waals surface area contributed by atoms with Crippen molar-refractivity contribution in [2.45, 2.75) is 64.9 Å². The van der Waals surface area contributed by atoms with Crippen molar-refractivity contribution in [3.8, 4) is 0 Å². The summed E-state index contributed by atoms with van der Waals surface area (Å²) >= 11 is 0. The van der Waals surface area contributed by atoms with E-state index in [0.29, 0.717) is 25.2 Å². The number of fused-ring (bicyclic) bond motifs is 1. The van der Waals surface area contributed by atoms with E-state index in [1.807, 2.05) is 29.8 Å². The van der Waals surface area contributed by atoms with Gasteiger partial charge in [-0.3, -0.25) is 9.69 Å². The molecule has 188 valence electrons. The van der Waals surface area contributed by atoms with Gasteiger partial charge in [0.2, 0.25) is 0 Å². The monoisotopic (exact) mass is 490 g/mol. The molecule has 1 fully saturated rings. The Morgan fingerprint density at radius 3 is 2.78 bits per heavy atom. The molecule has 0 spiro atoms. The minimum absolute atomic E-state index is 0.0990. The second-order valence-corrected chi connectivity index (χ2v) is 9.52. The molecule has 4 aromatic rings. The molecular weight excluding hydrogens is 459 g/mol. The molecule has 5 rings (SSSR count). The topological polar surface area (TPSA) is 88.9 Å². The van der Waals surface area contributed by atoms with Crippen LogP contribution in [-0.4, -0.2) is 42.8 Å². The summed E-state index contributed by atoms with van der Waals surface area (Å²) < 4.78 is 21.2. The number of benzene rings is 2. The average Bonchev–Trinajstić information content (AvgIpc) is 3.55. The summed E-state index contributed by atoms with van der Waals surface area (Å²) in [5, 5.41) is 13.6. The average molecular weight is 491 g/mol. The summed E-state index contributed by atoms with van der Waals surface area (Å²) in [4.78, 5) is 18.3. The fourth-order valence-corrected chi connectivity index (χ4v) is 4.97. The van der Waals surface area contributed by atoms with Crippen molar-refractivity contribution in [3.63, 3.8) is 0 Å². The van der Waals surface area contributed by atoms with Gasteiger partial charge in [0.1, 0.15) is 5.82 Å². The smallest absolute Gasteiger partial charge is 0.252 e. The van der Waals surface area contributed by atoms with Crippen LogP contribution in [0.2, 0.25) is 0 Å². The van der Waals surface area contributed by atoms with Crippen LogP contribution in [0.3, 0.4) is 0 Å². The van der Waals surface area contributed by atoms with Gasteiger partial charge < -0.3 is 9.72 Å². The van der Waals surface area contributed by atoms with E-state index in [-0.39, 0.29) is 23.5 Å². The molecule has 9 heteroatoms. The molecule has 1 aliphatic heterocycles. The first-order valence-corrected chi connectivity index (χ1v) is 12.5. The molecule has 3 heterocycles. The van der Waals surface area contributed by atoms with Crippen molar-refractivity contribution in [2.75, 3.05) is 6.61 Å². The first kappa shape index (κ1) is 24.3. The highest BCUT2D eigenvalue weighted by atomic mass is 19.1. The van der Waals surface area contributed by atoms with E-state index in [0.717, 1.165) is 53.7 Å². The van der Waals surface area contributed by atoms with Crippen molar-refractivity contribution in [1.29, 1.82) is 0 Å². The third kappa shape index (κ3) is 5.37. The Labute approximate surface area is 209 Å². The second kappa shape index (κ2) is 10.7. The SMILES string of the molecule is CC[C@H](c1nnnn1C[C@H]1CCCO1)N(Cc1ccc(F)cc1)Cc1cc2cc(C)ccc2[nH]c1=O. The lowest BCUT2D eigenvalue weighted by molar-refractivity contribution is 0.0888. The summed E-state index contributed by atoms with van der Waals surface area (Å²) in [7, 11) is 0. The number of aromatic nitrogens is 5. The van der Waals surface area contributed by atoms with Crippen LogP contribution in [0.1, 0.15) is 54.7 Å². The number of nitrogens with one attached hydrogen (secondary N) is 1. The highest BCUT2D eigenvalue weighted by Crippen LogP contribution is 2.27. The van der Waals surface area contributed by atoms with E-state index in [4.69, 9.17) is 4.74 Å². The largest absolute Gasteiger partial charge is 0.376 e. The maximum Gasteiger partial charge on any atom is 0.252 e. The van der Waals surface area contributed by atoms with E-state index in [1.165, 1.54) is 12.1 Å². The van der Waals surface area contributed by atoms with Crippen LogP contribution in [0.15, 0.2) is 53.3 Å². The van der Waals surface area contributed by atoms with Crippen LogP contribution in [0.25, 0.3) is 10.9 Å². The normalized spacial score (nSPS) is 16.7. The molecule has 0 amide bonds. The van der Waals surface area contributed by atoms with Crippen molar-refractivity contribution in [1.82, 2.24) is 30.1 Å². The number of nitrogens with zero attached hydrogens (tertiary/aromatic N) is 5. The Bertz CT molecular complexity index is 1380. The van der Waals surface area contributed by atoms with Gasteiger partial charge in [-0.05, 0) is 77.9 Å². The molecule has 2 aromatic heterocycles. The van der Waals surface area contributed by atoms with Gasteiger partial charge >= 0.3 is 0 Å². The summed E-state index contributed by atoms with van der Waals surface area (Å²) in [6.45, 7) is 6.38. The number of halogens is 1. The predicted octanol–water partition coefficient (Wildman–Crippen LogP) is 4.29. The first-order chi connectivity index (χ1) is 17.5.